The summed E-state index contributed by atoms with van der Waals surface area (Å²) in [6.07, 6.45) is -0.126. The fourth-order valence-corrected chi connectivity index (χ4v) is 1.09. The highest BCUT2D eigenvalue weighted by Crippen LogP contribution is 2.23. The predicted octanol–water partition coefficient (Wildman–Crippen LogP) is 2.93. The van der Waals surface area contributed by atoms with Gasteiger partial charge in [-0.25, -0.2) is 0 Å². The van der Waals surface area contributed by atoms with Gasteiger partial charge in [-0.2, -0.15) is 0 Å². The van der Waals surface area contributed by atoms with E-state index in [4.69, 9.17) is 16.0 Å². The SMILES string of the molecule is C=C(C)CC(O)c1ccc(Cl)o1. The number of hydrogen-bond acceptors (Lipinski definition) is 2. The van der Waals surface area contributed by atoms with E-state index in [1.807, 2.05) is 6.92 Å². The van der Waals surface area contributed by atoms with E-state index >= 15 is 0 Å². The summed E-state index contributed by atoms with van der Waals surface area (Å²) in [4.78, 5) is 0. The van der Waals surface area contributed by atoms with Gasteiger partial charge in [-0.3, -0.25) is 0 Å². The number of hydrogen-bond donors (Lipinski definition) is 1. The van der Waals surface area contributed by atoms with Gasteiger partial charge in [0, 0.05) is 6.42 Å². The van der Waals surface area contributed by atoms with Crippen LogP contribution in [0.25, 0.3) is 0 Å². The van der Waals surface area contributed by atoms with Gasteiger partial charge in [-0.05, 0) is 30.7 Å². The van der Waals surface area contributed by atoms with Gasteiger partial charge in [0.05, 0.1) is 0 Å². The molecule has 3 heteroatoms. The summed E-state index contributed by atoms with van der Waals surface area (Å²) in [5.41, 5.74) is 0.912. The Kier molecular flexibility index (Phi) is 2.95. The van der Waals surface area contributed by atoms with Crippen molar-refractivity contribution in [1.29, 1.82) is 0 Å². The minimum Gasteiger partial charge on any atom is -0.447 e. The second-order valence-corrected chi connectivity index (χ2v) is 3.19. The minimum atomic E-state index is -0.630. The Morgan fingerprint density at radius 3 is 2.83 bits per heavy atom. The van der Waals surface area contributed by atoms with Crippen molar-refractivity contribution in [3.63, 3.8) is 0 Å². The van der Waals surface area contributed by atoms with E-state index in [9.17, 15) is 5.11 Å². The molecule has 1 atom stereocenters. The maximum atomic E-state index is 9.49. The molecule has 1 N–H and O–H groups in total. The molecule has 0 aliphatic carbocycles. The average molecular weight is 187 g/mol. The number of furan rings is 1. The molecule has 1 heterocycles. The molecule has 1 rings (SSSR count). The highest BCUT2D eigenvalue weighted by atomic mass is 35.5. The first kappa shape index (κ1) is 9.36. The third kappa shape index (κ3) is 2.40. The van der Waals surface area contributed by atoms with Crippen LogP contribution in [0.3, 0.4) is 0 Å². The molecule has 0 fully saturated rings. The lowest BCUT2D eigenvalue weighted by molar-refractivity contribution is 0.150. The molecule has 12 heavy (non-hydrogen) atoms. The Morgan fingerprint density at radius 2 is 2.42 bits per heavy atom. The highest BCUT2D eigenvalue weighted by molar-refractivity contribution is 6.28. The summed E-state index contributed by atoms with van der Waals surface area (Å²) in [6.45, 7) is 5.55. The minimum absolute atomic E-state index is 0.297. The van der Waals surface area contributed by atoms with Crippen molar-refractivity contribution in [3.8, 4) is 0 Å². The Bertz CT molecular complexity index is 278. The lowest BCUT2D eigenvalue weighted by Crippen LogP contribution is -1.95. The summed E-state index contributed by atoms with van der Waals surface area (Å²) in [5, 5.41) is 9.79. The third-order valence-electron chi connectivity index (χ3n) is 1.46. The van der Waals surface area contributed by atoms with Crippen LogP contribution >= 0.6 is 11.6 Å². The van der Waals surface area contributed by atoms with Crippen molar-refractivity contribution < 1.29 is 9.52 Å². The summed E-state index contributed by atoms with van der Waals surface area (Å²) in [6, 6.07) is 3.27. The molecular formula is C9H11ClO2. The van der Waals surface area contributed by atoms with Gasteiger partial charge in [0.15, 0.2) is 5.22 Å². The molecule has 66 valence electrons. The molecule has 2 nitrogen and oxygen atoms in total. The molecule has 0 aliphatic heterocycles. The molecule has 0 amide bonds. The number of rotatable bonds is 3. The summed E-state index contributed by atoms with van der Waals surface area (Å²) < 4.78 is 5.02. The van der Waals surface area contributed by atoms with E-state index in [2.05, 4.69) is 6.58 Å². The van der Waals surface area contributed by atoms with Crippen LogP contribution in [-0.4, -0.2) is 5.11 Å². The molecule has 0 radical (unpaired) electrons. The standard InChI is InChI=1S/C9H11ClO2/c1-6(2)5-7(11)8-3-4-9(10)12-8/h3-4,7,11H,1,5H2,2H3. The van der Waals surface area contributed by atoms with E-state index < -0.39 is 6.10 Å². The van der Waals surface area contributed by atoms with Gasteiger partial charge in [0.1, 0.15) is 11.9 Å². The molecule has 0 aromatic carbocycles. The third-order valence-corrected chi connectivity index (χ3v) is 1.67. The van der Waals surface area contributed by atoms with Gasteiger partial charge in [-0.1, -0.05) is 5.57 Å². The van der Waals surface area contributed by atoms with Crippen LogP contribution < -0.4 is 0 Å². The first-order chi connectivity index (χ1) is 5.59. The molecule has 0 bridgehead atoms. The second kappa shape index (κ2) is 3.78. The van der Waals surface area contributed by atoms with Crippen LogP contribution in [0.1, 0.15) is 25.2 Å². The topological polar surface area (TPSA) is 33.4 Å². The van der Waals surface area contributed by atoms with E-state index in [0.29, 0.717) is 17.4 Å². The van der Waals surface area contributed by atoms with Crippen LogP contribution in [0, 0.1) is 0 Å². The molecule has 1 aromatic heterocycles. The molecule has 0 spiro atoms. The van der Waals surface area contributed by atoms with E-state index in [1.165, 1.54) is 0 Å². The molecule has 0 saturated heterocycles. The number of aliphatic hydroxyl groups excluding tert-OH is 1. The highest BCUT2D eigenvalue weighted by Gasteiger charge is 2.11. The van der Waals surface area contributed by atoms with Crippen LogP contribution in [0.5, 0.6) is 0 Å². The summed E-state index contributed by atoms with van der Waals surface area (Å²) >= 11 is 5.54. The van der Waals surface area contributed by atoms with E-state index in [-0.39, 0.29) is 0 Å². The fourth-order valence-electron chi connectivity index (χ4n) is 0.938. The van der Waals surface area contributed by atoms with Crippen molar-refractivity contribution in [1.82, 2.24) is 0 Å². The normalized spacial score (nSPS) is 12.9. The zero-order chi connectivity index (χ0) is 9.14. The summed E-state index contributed by atoms with van der Waals surface area (Å²) in [7, 11) is 0. The lowest BCUT2D eigenvalue weighted by Gasteiger charge is -2.05. The Labute approximate surface area is 76.5 Å². The molecule has 0 aliphatic rings. The zero-order valence-corrected chi connectivity index (χ0v) is 7.64. The van der Waals surface area contributed by atoms with Crippen molar-refractivity contribution in [3.05, 3.63) is 35.3 Å². The first-order valence-corrected chi connectivity index (χ1v) is 4.05. The average Bonchev–Trinajstić information content (AvgIpc) is 2.34. The molecule has 0 saturated carbocycles. The largest absolute Gasteiger partial charge is 0.447 e. The van der Waals surface area contributed by atoms with Gasteiger partial charge >= 0.3 is 0 Å². The maximum absolute atomic E-state index is 9.49. The molecule has 1 aromatic rings. The fraction of sp³-hybridized carbons (Fsp3) is 0.333. The Balaban J connectivity index is 2.64. The van der Waals surface area contributed by atoms with Gasteiger partial charge in [0.25, 0.3) is 0 Å². The van der Waals surface area contributed by atoms with Crippen molar-refractivity contribution >= 4 is 11.6 Å². The quantitative estimate of drug-likeness (QED) is 0.737. The van der Waals surface area contributed by atoms with Gasteiger partial charge < -0.3 is 9.52 Å². The lowest BCUT2D eigenvalue weighted by atomic mass is 10.1. The van der Waals surface area contributed by atoms with Crippen LogP contribution in [-0.2, 0) is 0 Å². The van der Waals surface area contributed by atoms with Crippen LogP contribution in [0.2, 0.25) is 5.22 Å². The van der Waals surface area contributed by atoms with E-state index in [0.717, 1.165) is 5.57 Å². The van der Waals surface area contributed by atoms with Crippen molar-refractivity contribution in [2.45, 2.75) is 19.4 Å². The van der Waals surface area contributed by atoms with Gasteiger partial charge in [-0.15, -0.1) is 6.58 Å². The second-order valence-electron chi connectivity index (χ2n) is 2.82. The van der Waals surface area contributed by atoms with Crippen LogP contribution in [0.4, 0.5) is 0 Å². The van der Waals surface area contributed by atoms with Crippen LogP contribution in [0.15, 0.2) is 28.7 Å². The monoisotopic (exact) mass is 186 g/mol. The van der Waals surface area contributed by atoms with E-state index in [1.54, 1.807) is 12.1 Å². The van der Waals surface area contributed by atoms with Gasteiger partial charge in [0.2, 0.25) is 0 Å². The predicted molar refractivity (Wildman–Crippen MR) is 48.1 cm³/mol. The van der Waals surface area contributed by atoms with Crippen molar-refractivity contribution in [2.24, 2.45) is 0 Å². The maximum Gasteiger partial charge on any atom is 0.193 e. The molecule has 1 unspecified atom stereocenters. The number of halogens is 1. The smallest absolute Gasteiger partial charge is 0.193 e. The zero-order valence-electron chi connectivity index (χ0n) is 6.88. The molecular weight excluding hydrogens is 176 g/mol. The van der Waals surface area contributed by atoms with Crippen molar-refractivity contribution in [2.75, 3.05) is 0 Å². The Hall–Kier alpha value is -0.730. The number of aliphatic hydroxyl groups is 1. The first-order valence-electron chi connectivity index (χ1n) is 3.67. The summed E-state index contributed by atoms with van der Waals surface area (Å²) in [5.74, 6) is 0.489. The Morgan fingerprint density at radius 1 is 1.75 bits per heavy atom.